The zero-order valence-electron chi connectivity index (χ0n) is 13.7. The highest BCUT2D eigenvalue weighted by atomic mass is 35.5. The molecule has 2 aromatic rings. The van der Waals surface area contributed by atoms with Crippen molar-refractivity contribution in [3.63, 3.8) is 0 Å². The van der Waals surface area contributed by atoms with Gasteiger partial charge in [-0.15, -0.1) is 0 Å². The minimum atomic E-state index is -4.85. The molecule has 10 heteroatoms. The molecule has 0 atom stereocenters. The predicted octanol–water partition coefficient (Wildman–Crippen LogP) is 5.24. The summed E-state index contributed by atoms with van der Waals surface area (Å²) in [5.74, 6) is -1.83. The second kappa shape index (κ2) is 8.06. The molecule has 0 aliphatic heterocycles. The van der Waals surface area contributed by atoms with Crippen LogP contribution in [-0.4, -0.2) is 17.0 Å². The van der Waals surface area contributed by atoms with Gasteiger partial charge in [0.2, 0.25) is 0 Å². The first-order chi connectivity index (χ1) is 12.5. The Balaban J connectivity index is 2.30. The lowest BCUT2D eigenvalue weighted by molar-refractivity contribution is -0.138. The maximum absolute atomic E-state index is 13.2. The molecule has 144 valence electrons. The molecule has 2 rings (SSSR count). The van der Waals surface area contributed by atoms with Gasteiger partial charge in [0.05, 0.1) is 26.9 Å². The Labute approximate surface area is 162 Å². The highest BCUT2D eigenvalue weighted by Gasteiger charge is 2.36. The number of phenolic OH excluding ortho intramolecular Hbond substituents is 1. The van der Waals surface area contributed by atoms with E-state index < -0.39 is 35.0 Å². The monoisotopic (exact) mass is 420 g/mol. The lowest BCUT2D eigenvalue weighted by Crippen LogP contribution is -2.35. The summed E-state index contributed by atoms with van der Waals surface area (Å²) in [6.45, 7) is 1.55. The highest BCUT2D eigenvalue weighted by Crippen LogP contribution is 2.36. The molecular formula is C17H13Cl2F3N2O3. The minimum Gasteiger partial charge on any atom is -0.508 e. The second-order valence-electron chi connectivity index (χ2n) is 5.38. The Morgan fingerprint density at radius 3 is 2.26 bits per heavy atom. The van der Waals surface area contributed by atoms with E-state index in [2.05, 4.69) is 5.32 Å². The lowest BCUT2D eigenvalue weighted by Gasteiger charge is -2.15. The van der Waals surface area contributed by atoms with Gasteiger partial charge in [-0.1, -0.05) is 36.2 Å². The number of alkyl halides is 3. The van der Waals surface area contributed by atoms with Gasteiger partial charge in [-0.3, -0.25) is 10.1 Å². The van der Waals surface area contributed by atoms with Gasteiger partial charge >= 0.3 is 12.2 Å². The van der Waals surface area contributed by atoms with Gasteiger partial charge in [0.25, 0.3) is 5.91 Å². The van der Waals surface area contributed by atoms with Crippen LogP contribution in [0.25, 0.3) is 0 Å². The van der Waals surface area contributed by atoms with Gasteiger partial charge in [-0.2, -0.15) is 13.2 Å². The van der Waals surface area contributed by atoms with E-state index in [1.165, 1.54) is 18.2 Å². The Kier molecular flexibility index (Phi) is 6.22. The summed E-state index contributed by atoms with van der Waals surface area (Å²) in [7, 11) is 0. The fourth-order valence-electron chi connectivity index (χ4n) is 2.27. The topological polar surface area (TPSA) is 78.4 Å². The molecule has 0 saturated heterocycles. The molecule has 0 aliphatic carbocycles. The van der Waals surface area contributed by atoms with E-state index >= 15 is 0 Å². The summed E-state index contributed by atoms with van der Waals surface area (Å²) in [4.78, 5) is 24.2. The van der Waals surface area contributed by atoms with Crippen LogP contribution in [0.5, 0.6) is 5.75 Å². The first-order valence-electron chi connectivity index (χ1n) is 7.54. The Hall–Kier alpha value is -2.45. The number of halogens is 5. The van der Waals surface area contributed by atoms with Gasteiger partial charge in [0, 0.05) is 0 Å². The average Bonchev–Trinajstić information content (AvgIpc) is 2.57. The quantitative estimate of drug-likeness (QED) is 0.634. The third kappa shape index (κ3) is 4.84. The van der Waals surface area contributed by atoms with Crippen molar-refractivity contribution in [2.45, 2.75) is 19.5 Å². The van der Waals surface area contributed by atoms with Crippen molar-refractivity contribution in [3.05, 3.63) is 57.1 Å². The number of anilines is 1. The van der Waals surface area contributed by atoms with Crippen molar-refractivity contribution in [1.29, 1.82) is 0 Å². The second-order valence-corrected chi connectivity index (χ2v) is 6.20. The van der Waals surface area contributed by atoms with Crippen molar-refractivity contribution in [1.82, 2.24) is 5.32 Å². The van der Waals surface area contributed by atoms with E-state index in [-0.39, 0.29) is 27.7 Å². The molecule has 0 spiro atoms. The van der Waals surface area contributed by atoms with Crippen LogP contribution in [0, 0.1) is 0 Å². The molecule has 0 saturated carbocycles. The Morgan fingerprint density at radius 1 is 1.15 bits per heavy atom. The summed E-state index contributed by atoms with van der Waals surface area (Å²) in [6.07, 6.45) is -4.73. The summed E-state index contributed by atoms with van der Waals surface area (Å²) >= 11 is 11.7. The standard InChI is InChI=1S/C17H13Cl2F3N2O3/c1-2-8-6-10(17(20,21)22)9(7-13(8)25)15(26)24-16(27)23-14-11(18)4-3-5-12(14)19/h3-7,25H,2H2,1H3,(H2,23,24,26,27). The molecule has 27 heavy (non-hydrogen) atoms. The number of para-hydroxylation sites is 1. The molecule has 3 N–H and O–H groups in total. The zero-order valence-corrected chi connectivity index (χ0v) is 15.3. The molecule has 0 bridgehead atoms. The highest BCUT2D eigenvalue weighted by molar-refractivity contribution is 6.39. The van der Waals surface area contributed by atoms with Crippen LogP contribution in [0.2, 0.25) is 10.0 Å². The molecular weight excluding hydrogens is 408 g/mol. The number of hydrogen-bond acceptors (Lipinski definition) is 3. The Morgan fingerprint density at radius 2 is 1.74 bits per heavy atom. The number of phenols is 1. The summed E-state index contributed by atoms with van der Waals surface area (Å²) in [6, 6.07) is 4.58. The van der Waals surface area contributed by atoms with E-state index in [0.29, 0.717) is 12.1 Å². The normalized spacial score (nSPS) is 11.2. The number of aromatic hydroxyl groups is 1. The summed E-state index contributed by atoms with van der Waals surface area (Å²) in [5.41, 5.74) is -2.15. The van der Waals surface area contributed by atoms with Crippen LogP contribution < -0.4 is 10.6 Å². The fraction of sp³-hybridized carbons (Fsp3) is 0.176. The summed E-state index contributed by atoms with van der Waals surface area (Å²) in [5, 5.41) is 13.9. The number of amides is 3. The maximum Gasteiger partial charge on any atom is 0.417 e. The van der Waals surface area contributed by atoms with E-state index in [1.807, 2.05) is 0 Å². The van der Waals surface area contributed by atoms with Crippen LogP contribution in [0.1, 0.15) is 28.4 Å². The van der Waals surface area contributed by atoms with Gasteiger partial charge in [0.1, 0.15) is 5.75 Å². The SMILES string of the molecule is CCc1cc(C(F)(F)F)c(C(=O)NC(=O)Nc2c(Cl)cccc2Cl)cc1O. The number of aryl methyl sites for hydroxylation is 1. The third-order valence-corrected chi connectivity index (χ3v) is 4.21. The zero-order chi connectivity index (χ0) is 20.4. The number of carbonyl (C=O) groups is 2. The number of hydrogen-bond donors (Lipinski definition) is 3. The average molecular weight is 421 g/mol. The number of rotatable bonds is 3. The van der Waals surface area contributed by atoms with Crippen molar-refractivity contribution < 1.29 is 27.9 Å². The molecule has 0 heterocycles. The van der Waals surface area contributed by atoms with Crippen molar-refractivity contribution in [3.8, 4) is 5.75 Å². The summed E-state index contributed by atoms with van der Waals surface area (Å²) < 4.78 is 39.7. The van der Waals surface area contributed by atoms with Crippen molar-refractivity contribution in [2.24, 2.45) is 0 Å². The Bertz CT molecular complexity index is 881. The number of nitrogens with one attached hydrogen (secondary N) is 2. The van der Waals surface area contributed by atoms with Crippen LogP contribution in [0.4, 0.5) is 23.7 Å². The molecule has 0 aromatic heterocycles. The van der Waals surface area contributed by atoms with Crippen molar-refractivity contribution >= 4 is 40.8 Å². The lowest BCUT2D eigenvalue weighted by atomic mass is 10.0. The first-order valence-corrected chi connectivity index (χ1v) is 8.29. The van der Waals surface area contributed by atoms with Crippen LogP contribution in [0.15, 0.2) is 30.3 Å². The van der Waals surface area contributed by atoms with E-state index in [4.69, 9.17) is 23.2 Å². The molecule has 0 aliphatic rings. The van der Waals surface area contributed by atoms with E-state index in [0.717, 1.165) is 0 Å². The van der Waals surface area contributed by atoms with E-state index in [1.54, 1.807) is 12.2 Å². The largest absolute Gasteiger partial charge is 0.508 e. The van der Waals surface area contributed by atoms with Gasteiger partial charge in [-0.05, 0) is 36.2 Å². The smallest absolute Gasteiger partial charge is 0.417 e. The van der Waals surface area contributed by atoms with Gasteiger partial charge in [0.15, 0.2) is 0 Å². The molecule has 0 fully saturated rings. The molecule has 0 unspecified atom stereocenters. The number of benzene rings is 2. The fourth-order valence-corrected chi connectivity index (χ4v) is 2.76. The van der Waals surface area contributed by atoms with E-state index in [9.17, 15) is 27.9 Å². The van der Waals surface area contributed by atoms with Gasteiger partial charge < -0.3 is 10.4 Å². The minimum absolute atomic E-state index is 0.00800. The van der Waals surface area contributed by atoms with Gasteiger partial charge in [-0.25, -0.2) is 4.79 Å². The van der Waals surface area contributed by atoms with Crippen LogP contribution in [0.3, 0.4) is 0 Å². The number of urea groups is 1. The van der Waals surface area contributed by atoms with Crippen LogP contribution in [-0.2, 0) is 12.6 Å². The number of carbonyl (C=O) groups excluding carboxylic acids is 2. The first kappa shape index (κ1) is 20.9. The maximum atomic E-state index is 13.2. The third-order valence-electron chi connectivity index (χ3n) is 3.58. The molecule has 5 nitrogen and oxygen atoms in total. The predicted molar refractivity (Wildman–Crippen MR) is 95.4 cm³/mol. The number of imide groups is 1. The molecule has 2 aromatic carbocycles. The molecule has 0 radical (unpaired) electrons. The van der Waals surface area contributed by atoms with Crippen LogP contribution >= 0.6 is 23.2 Å². The molecule has 3 amide bonds. The van der Waals surface area contributed by atoms with Crippen molar-refractivity contribution in [2.75, 3.05) is 5.32 Å².